The molecule has 0 aliphatic heterocycles. The van der Waals surface area contributed by atoms with Crippen LogP contribution in [0.5, 0.6) is 40.2 Å². The summed E-state index contributed by atoms with van der Waals surface area (Å²) in [6.07, 6.45) is 26.9. The molecule has 1 aliphatic rings. The molecule has 0 spiro atoms. The number of rotatable bonds is 36. The Hall–Kier alpha value is -16.2. The first-order valence-corrected chi connectivity index (χ1v) is 44.5. The number of unbranched alkanes of at least 4 members (excludes halogenated alkanes) is 1. The van der Waals surface area contributed by atoms with E-state index >= 15 is 0 Å². The fourth-order valence-electron chi connectivity index (χ4n) is 15.2. The Labute approximate surface area is 786 Å². The number of hydrogen-bond acceptors (Lipinski definition) is 29. The molecule has 0 bridgehead atoms. The molecule has 9 aromatic heterocycles. The van der Waals surface area contributed by atoms with E-state index in [0.717, 1.165) is 202 Å². The summed E-state index contributed by atoms with van der Waals surface area (Å²) in [7, 11) is 16.7. The van der Waals surface area contributed by atoms with Crippen LogP contribution < -0.4 is 63.4 Å². The highest BCUT2D eigenvalue weighted by atomic mass is 16.5. The van der Waals surface area contributed by atoms with Crippen LogP contribution in [0.25, 0.3) is 89.2 Å². The van der Waals surface area contributed by atoms with Crippen LogP contribution in [0.1, 0.15) is 67.8 Å². The number of ether oxygens (including phenoxy) is 8. The zero-order valence-corrected chi connectivity index (χ0v) is 78.2. The maximum absolute atomic E-state index is 12.3. The zero-order valence-electron chi connectivity index (χ0n) is 78.2. The predicted molar refractivity (Wildman–Crippen MR) is 523 cm³/mol. The highest BCUT2D eigenvalue weighted by Crippen LogP contribution is 2.42. The number of carbonyl (C=O) groups is 2. The summed E-state index contributed by atoms with van der Waals surface area (Å²) >= 11 is 0. The first-order valence-electron chi connectivity index (χ1n) is 44.5. The Bertz CT molecular complexity index is 6870. The lowest BCUT2D eigenvalue weighted by Gasteiger charge is -2.26. The molecule has 18 rings (SSSR count). The number of fused-ring (bicyclic) bond motifs is 4. The van der Waals surface area contributed by atoms with Gasteiger partial charge in [-0.15, -0.1) is 0 Å². The van der Waals surface area contributed by atoms with Gasteiger partial charge in [-0.25, -0.2) is 19.9 Å². The SMILES string of the molecule is CCCCN(c1cc(OC)cc(OC)c1)c1ccc2ncc(-c3cn[nH]c3)nc2c1.CCCN(c1cc(OC)cc(C(=O)NC)c1)c1ccc2ncc(-c3cnn(CCOC)c3)nc2c1.COc1cc(OC)cc(N(CC2CC2)c2ccc3ncc(-c4cnn(CC(=O)NCCO)c4)nc3c2)c1.COc1cc(OC)cc(N(Cc2cc(C)on2)c2ccc3ncc(-c4cnn(C)c4)nc3c2)c1. The topological polar surface area (TPSA) is 377 Å². The fourth-order valence-corrected chi connectivity index (χ4v) is 15.2. The van der Waals surface area contributed by atoms with E-state index in [9.17, 15) is 9.59 Å². The number of methoxy groups -OCH3 is 8. The number of aryl methyl sites for hydroxylation is 2. The van der Waals surface area contributed by atoms with Crippen LogP contribution in [0.15, 0.2) is 231 Å². The zero-order chi connectivity index (χ0) is 95.1. The van der Waals surface area contributed by atoms with Crippen molar-refractivity contribution in [3.63, 3.8) is 0 Å². The standard InChI is InChI=1S/C27H30N6O4.C26H30N6O3.C25H24N6O3.C23H25N5O2/c1-36-22-9-21(10-23(12-22)37-2)33(15-18-3-4-18)20-5-6-24-25(11-20)31-26(14-29-24)19-13-30-32(16-19)17-27(35)28-7-8-34;1-5-8-32(21-11-18(26(33)27-2)12-22(13-21)35-4)20-6-7-23-24(14-20)30-25(16-28-23)19-15-29-31(17-19)9-10-34-3;1-16-7-18(29-34-16)15-31(20-8-21(32-3)11-22(9-20)33-4)19-5-6-23-24(10-19)28-25(13-26-23)17-12-27-30(2)14-17;1-4-5-8-28(18-9-19(29-2)12-20(10-18)30-3)17-6-7-21-22(11-17)27-23(15-24-21)16-13-25-26-14-16/h5-6,9-14,16,18,34H,3-4,7-8,15,17H2,1-2H3,(H,28,35);6-7,11-17H,5,8-10H2,1-4H3,(H,27,33);5-14H,15H2,1-4H3;6-7,9-15H,4-5,8H2,1-3H3,(H,25,26). The summed E-state index contributed by atoms with van der Waals surface area (Å²) in [5.74, 6) is 6.00. The molecule has 700 valence electrons. The molecule has 1 fully saturated rings. The van der Waals surface area contributed by atoms with Gasteiger partial charge in [0.15, 0.2) is 0 Å². The van der Waals surface area contributed by atoms with E-state index in [1.807, 2.05) is 165 Å². The minimum absolute atomic E-state index is 0.0608. The van der Waals surface area contributed by atoms with Crippen LogP contribution in [-0.2, 0) is 36.2 Å². The van der Waals surface area contributed by atoms with Gasteiger partial charge in [-0.2, -0.15) is 20.4 Å². The lowest BCUT2D eigenvalue weighted by Crippen LogP contribution is -2.30. The van der Waals surface area contributed by atoms with Crippen molar-refractivity contribution in [2.45, 2.75) is 72.5 Å². The third-order valence-electron chi connectivity index (χ3n) is 22.5. The quantitative estimate of drug-likeness (QED) is 0.0283. The highest BCUT2D eigenvalue weighted by Gasteiger charge is 2.28. The number of amides is 2. The number of aromatic amines is 1. The number of hydrogen-bond donors (Lipinski definition) is 4. The molecule has 0 unspecified atom stereocenters. The average molecular weight is 1840 g/mol. The number of aliphatic hydroxyl groups is 1. The second-order valence-corrected chi connectivity index (χ2v) is 32.0. The molecule has 0 atom stereocenters. The predicted octanol–water partition coefficient (Wildman–Crippen LogP) is 16.9. The Morgan fingerprint density at radius 3 is 1.33 bits per heavy atom. The molecule has 1 aliphatic carbocycles. The van der Waals surface area contributed by atoms with Crippen LogP contribution in [0, 0.1) is 12.8 Å². The number of benzene rings is 8. The van der Waals surface area contributed by atoms with Gasteiger partial charge in [0.2, 0.25) is 5.91 Å². The minimum Gasteiger partial charge on any atom is -0.497 e. The Balaban J connectivity index is 0.000000138. The molecular formula is C101H109N23O12. The van der Waals surface area contributed by atoms with Gasteiger partial charge in [-0.05, 0) is 123 Å². The molecule has 4 N–H and O–H groups in total. The van der Waals surface area contributed by atoms with Gasteiger partial charge in [-0.1, -0.05) is 25.4 Å². The highest BCUT2D eigenvalue weighted by molar-refractivity contribution is 5.96. The van der Waals surface area contributed by atoms with Gasteiger partial charge >= 0.3 is 0 Å². The summed E-state index contributed by atoms with van der Waals surface area (Å²) in [5, 5.41) is 38.1. The molecule has 0 radical (unpaired) electrons. The van der Waals surface area contributed by atoms with Crippen molar-refractivity contribution in [1.29, 1.82) is 0 Å². The smallest absolute Gasteiger partial charge is 0.251 e. The average Bonchev–Trinajstić information content (AvgIpc) is 1.48. The molecular weight excluding hydrogens is 1730 g/mol. The molecule has 136 heavy (non-hydrogen) atoms. The van der Waals surface area contributed by atoms with Gasteiger partial charge in [0.25, 0.3) is 5.91 Å². The van der Waals surface area contributed by atoms with E-state index in [-0.39, 0.29) is 31.5 Å². The maximum atomic E-state index is 12.3. The Morgan fingerprint density at radius 2 is 0.904 bits per heavy atom. The van der Waals surface area contributed by atoms with E-state index in [1.165, 1.54) is 17.5 Å². The number of carbonyl (C=O) groups excluding carboxylic acids is 2. The monoisotopic (exact) mass is 1840 g/mol. The summed E-state index contributed by atoms with van der Waals surface area (Å²) in [6, 6.07) is 49.3. The van der Waals surface area contributed by atoms with Crippen molar-refractivity contribution in [3.05, 3.63) is 243 Å². The van der Waals surface area contributed by atoms with Crippen molar-refractivity contribution < 1.29 is 57.1 Å². The second kappa shape index (κ2) is 44.8. The van der Waals surface area contributed by atoms with Gasteiger partial charge < -0.3 is 77.8 Å². The van der Waals surface area contributed by atoms with Gasteiger partial charge in [0, 0.05) is 212 Å². The lowest BCUT2D eigenvalue weighted by atomic mass is 10.1. The van der Waals surface area contributed by atoms with Crippen LogP contribution in [0.4, 0.5) is 45.5 Å². The Morgan fingerprint density at radius 1 is 0.471 bits per heavy atom. The number of nitrogens with one attached hydrogen (secondary N) is 3. The molecule has 2 amide bonds. The van der Waals surface area contributed by atoms with Crippen molar-refractivity contribution >= 4 is 101 Å². The van der Waals surface area contributed by atoms with E-state index < -0.39 is 0 Å². The van der Waals surface area contributed by atoms with E-state index in [4.69, 9.17) is 67.5 Å². The van der Waals surface area contributed by atoms with E-state index in [2.05, 4.69) is 113 Å². The number of H-pyrrole nitrogens is 1. The van der Waals surface area contributed by atoms with Crippen LogP contribution >= 0.6 is 0 Å². The van der Waals surface area contributed by atoms with Gasteiger partial charge in [-0.3, -0.25) is 48.7 Å². The lowest BCUT2D eigenvalue weighted by molar-refractivity contribution is -0.122. The summed E-state index contributed by atoms with van der Waals surface area (Å²) in [6.45, 7) is 10.6. The van der Waals surface area contributed by atoms with Crippen molar-refractivity contribution in [2.75, 3.05) is 123 Å². The molecule has 35 nitrogen and oxygen atoms in total. The third kappa shape index (κ3) is 23.6. The summed E-state index contributed by atoms with van der Waals surface area (Å²) in [4.78, 5) is 70.8. The summed E-state index contributed by atoms with van der Waals surface area (Å²) < 4.78 is 54.0. The molecule has 35 heteroatoms. The third-order valence-corrected chi connectivity index (χ3v) is 22.5. The van der Waals surface area contributed by atoms with Crippen LogP contribution in [0.2, 0.25) is 0 Å². The van der Waals surface area contributed by atoms with Crippen LogP contribution in [-0.4, -0.2) is 205 Å². The van der Waals surface area contributed by atoms with Crippen LogP contribution in [0.3, 0.4) is 0 Å². The fraction of sp³-hybridized carbons (Fsp3) is 0.277. The van der Waals surface area contributed by atoms with Gasteiger partial charge in [0.1, 0.15) is 58.2 Å². The van der Waals surface area contributed by atoms with E-state index in [1.54, 1.807) is 130 Å². The first-order chi connectivity index (χ1) is 66.3. The number of nitrogens with zero attached hydrogens (tertiary/aromatic N) is 20. The molecule has 0 saturated heterocycles. The molecule has 8 aromatic carbocycles. The largest absolute Gasteiger partial charge is 0.497 e. The Kier molecular flexibility index (Phi) is 31.1. The molecule has 17 aromatic rings. The van der Waals surface area contributed by atoms with Crippen molar-refractivity contribution in [3.8, 4) is 85.3 Å². The van der Waals surface area contributed by atoms with Crippen molar-refractivity contribution in [1.82, 2.24) is 95.2 Å². The van der Waals surface area contributed by atoms with Gasteiger partial charge in [0.05, 0.1) is 193 Å². The number of aliphatic hydroxyl groups excluding tert-OH is 1. The summed E-state index contributed by atoms with van der Waals surface area (Å²) in [5.41, 5.74) is 21.9. The second-order valence-electron chi connectivity index (χ2n) is 32.0. The number of anilines is 8. The minimum atomic E-state index is -0.220. The molecule has 9 heterocycles. The maximum Gasteiger partial charge on any atom is 0.251 e. The van der Waals surface area contributed by atoms with E-state index in [0.29, 0.717) is 54.1 Å². The number of aromatic nitrogens is 17. The molecule has 1 saturated carbocycles. The van der Waals surface area contributed by atoms with Crippen molar-refractivity contribution in [2.24, 2.45) is 13.0 Å². The first kappa shape index (κ1) is 94.5. The normalized spacial score (nSPS) is 11.5.